The number of para-hydroxylation sites is 1. The predicted molar refractivity (Wildman–Crippen MR) is 77.6 cm³/mol. The molecule has 1 saturated heterocycles. The highest BCUT2D eigenvalue weighted by molar-refractivity contribution is 5.82. The second kappa shape index (κ2) is 5.20. The molecule has 1 unspecified atom stereocenters. The fourth-order valence-electron chi connectivity index (χ4n) is 2.66. The maximum atomic E-state index is 5.78. The van der Waals surface area contributed by atoms with Crippen LogP contribution in [0.5, 0.6) is 0 Å². The third-order valence-electron chi connectivity index (χ3n) is 3.64. The summed E-state index contributed by atoms with van der Waals surface area (Å²) in [5.74, 6) is 0.521. The number of hydrogen-bond donors (Lipinski definition) is 1. The highest BCUT2D eigenvalue weighted by Gasteiger charge is 2.32. The van der Waals surface area contributed by atoms with Crippen molar-refractivity contribution in [2.75, 3.05) is 13.2 Å². The van der Waals surface area contributed by atoms with Gasteiger partial charge in [0, 0.05) is 24.0 Å². The Balaban J connectivity index is 1.62. The highest BCUT2D eigenvalue weighted by Crippen LogP contribution is 2.25. The molecule has 1 aliphatic rings. The van der Waals surface area contributed by atoms with Crippen LogP contribution in [0.3, 0.4) is 0 Å². The molecule has 1 N–H and O–H groups in total. The van der Waals surface area contributed by atoms with E-state index >= 15 is 0 Å². The van der Waals surface area contributed by atoms with E-state index in [0.717, 1.165) is 24.4 Å². The summed E-state index contributed by atoms with van der Waals surface area (Å²) in [6, 6.07) is 8.13. The Kier molecular flexibility index (Phi) is 3.54. The Bertz CT molecular complexity index is 603. The Morgan fingerprint density at radius 2 is 2.10 bits per heavy atom. The fourth-order valence-corrected chi connectivity index (χ4v) is 2.66. The van der Waals surface area contributed by atoms with Crippen molar-refractivity contribution in [2.45, 2.75) is 39.2 Å². The van der Waals surface area contributed by atoms with Crippen LogP contribution in [0.25, 0.3) is 11.0 Å². The summed E-state index contributed by atoms with van der Waals surface area (Å²) >= 11 is 0. The molecule has 20 heavy (non-hydrogen) atoms. The minimum atomic E-state index is -0.454. The van der Waals surface area contributed by atoms with E-state index in [9.17, 15) is 0 Å². The van der Waals surface area contributed by atoms with Crippen molar-refractivity contribution in [3.8, 4) is 0 Å². The number of benzene rings is 1. The van der Waals surface area contributed by atoms with Crippen LogP contribution in [0.1, 0.15) is 25.2 Å². The standard InChI is InChI=1S/C16H21NO3/c1-11-14(13-6-4-5-7-15(13)19-11)9-17-8-12-10-18-16(2,3)20-12/h4-7,12,17H,8-10H2,1-3H3. The van der Waals surface area contributed by atoms with Gasteiger partial charge in [0.2, 0.25) is 0 Å². The van der Waals surface area contributed by atoms with E-state index in [0.29, 0.717) is 6.61 Å². The van der Waals surface area contributed by atoms with Gasteiger partial charge in [0.05, 0.1) is 12.7 Å². The Labute approximate surface area is 119 Å². The molecule has 108 valence electrons. The zero-order valence-electron chi connectivity index (χ0n) is 12.2. The van der Waals surface area contributed by atoms with Gasteiger partial charge in [0.25, 0.3) is 0 Å². The summed E-state index contributed by atoms with van der Waals surface area (Å²) in [5, 5.41) is 4.62. The largest absolute Gasteiger partial charge is 0.461 e. The topological polar surface area (TPSA) is 43.6 Å². The van der Waals surface area contributed by atoms with Crippen LogP contribution in [0.15, 0.2) is 28.7 Å². The third-order valence-corrected chi connectivity index (χ3v) is 3.64. The molecule has 2 aromatic rings. The van der Waals surface area contributed by atoms with Crippen LogP contribution in [0.2, 0.25) is 0 Å². The van der Waals surface area contributed by atoms with Crippen LogP contribution < -0.4 is 5.32 Å². The molecule has 0 amide bonds. The van der Waals surface area contributed by atoms with Crippen LogP contribution in [0.4, 0.5) is 0 Å². The first kappa shape index (κ1) is 13.6. The maximum absolute atomic E-state index is 5.78. The van der Waals surface area contributed by atoms with Crippen LogP contribution in [0, 0.1) is 6.92 Å². The molecule has 1 aromatic heterocycles. The molecule has 3 rings (SSSR count). The van der Waals surface area contributed by atoms with Crippen LogP contribution in [-0.4, -0.2) is 25.0 Å². The molecule has 1 atom stereocenters. The van der Waals surface area contributed by atoms with Gasteiger partial charge in [-0.25, -0.2) is 0 Å². The summed E-state index contributed by atoms with van der Waals surface area (Å²) in [5.41, 5.74) is 2.17. The van der Waals surface area contributed by atoms with Gasteiger partial charge in [-0.3, -0.25) is 0 Å². The van der Waals surface area contributed by atoms with Crippen molar-refractivity contribution in [3.63, 3.8) is 0 Å². The molecule has 0 bridgehead atoms. The third kappa shape index (κ3) is 2.73. The quantitative estimate of drug-likeness (QED) is 0.931. The number of fused-ring (bicyclic) bond motifs is 1. The smallest absolute Gasteiger partial charge is 0.163 e. The van der Waals surface area contributed by atoms with Crippen molar-refractivity contribution in [2.24, 2.45) is 0 Å². The lowest BCUT2D eigenvalue weighted by Crippen LogP contribution is -2.30. The first-order chi connectivity index (χ1) is 9.55. The summed E-state index contributed by atoms with van der Waals surface area (Å²) < 4.78 is 17.1. The van der Waals surface area contributed by atoms with E-state index in [1.165, 1.54) is 10.9 Å². The zero-order chi connectivity index (χ0) is 14.2. The average Bonchev–Trinajstić information content (AvgIpc) is 2.90. The van der Waals surface area contributed by atoms with Gasteiger partial charge in [-0.15, -0.1) is 0 Å². The summed E-state index contributed by atoms with van der Waals surface area (Å²) in [7, 11) is 0. The average molecular weight is 275 g/mol. The monoisotopic (exact) mass is 275 g/mol. The molecule has 1 fully saturated rings. The molecule has 4 nitrogen and oxygen atoms in total. The lowest BCUT2D eigenvalue weighted by molar-refractivity contribution is -0.137. The summed E-state index contributed by atoms with van der Waals surface area (Å²) in [4.78, 5) is 0. The van der Waals surface area contributed by atoms with Crippen molar-refractivity contribution in [3.05, 3.63) is 35.6 Å². The molecule has 0 spiro atoms. The summed E-state index contributed by atoms with van der Waals surface area (Å²) in [6.07, 6.45) is 0.114. The normalized spacial score (nSPS) is 21.6. The van der Waals surface area contributed by atoms with E-state index in [1.807, 2.05) is 39.0 Å². The first-order valence-electron chi connectivity index (χ1n) is 7.05. The predicted octanol–water partition coefficient (Wildman–Crippen LogP) is 2.98. The maximum Gasteiger partial charge on any atom is 0.163 e. The van der Waals surface area contributed by atoms with Crippen molar-refractivity contribution < 1.29 is 13.9 Å². The zero-order valence-corrected chi connectivity index (χ0v) is 12.2. The minimum absolute atomic E-state index is 0.114. The van der Waals surface area contributed by atoms with Gasteiger partial charge in [0.15, 0.2) is 5.79 Å². The van der Waals surface area contributed by atoms with Gasteiger partial charge >= 0.3 is 0 Å². The Hall–Kier alpha value is -1.36. The van der Waals surface area contributed by atoms with Crippen molar-refractivity contribution >= 4 is 11.0 Å². The molecule has 1 aliphatic heterocycles. The number of hydrogen-bond acceptors (Lipinski definition) is 4. The lowest BCUT2D eigenvalue weighted by Gasteiger charge is -2.17. The van der Waals surface area contributed by atoms with E-state index < -0.39 is 5.79 Å². The SMILES string of the molecule is Cc1oc2ccccc2c1CNCC1COC(C)(C)O1. The Morgan fingerprint density at radius 1 is 1.30 bits per heavy atom. The molecular formula is C16H21NO3. The number of rotatable bonds is 4. The summed E-state index contributed by atoms with van der Waals surface area (Å²) in [6.45, 7) is 8.10. The molecule has 2 heterocycles. The minimum Gasteiger partial charge on any atom is -0.461 e. The molecule has 0 radical (unpaired) electrons. The molecular weight excluding hydrogens is 254 g/mol. The molecule has 1 aromatic carbocycles. The van der Waals surface area contributed by atoms with Crippen molar-refractivity contribution in [1.82, 2.24) is 5.32 Å². The number of furan rings is 1. The molecule has 4 heteroatoms. The number of nitrogens with one attached hydrogen (secondary N) is 1. The van der Waals surface area contributed by atoms with Gasteiger partial charge in [-0.2, -0.15) is 0 Å². The second-order valence-electron chi connectivity index (χ2n) is 5.71. The molecule has 0 saturated carbocycles. The van der Waals surface area contributed by atoms with Crippen LogP contribution in [-0.2, 0) is 16.0 Å². The number of aryl methyl sites for hydroxylation is 1. The van der Waals surface area contributed by atoms with Gasteiger partial charge in [-0.1, -0.05) is 18.2 Å². The van der Waals surface area contributed by atoms with E-state index in [4.69, 9.17) is 13.9 Å². The van der Waals surface area contributed by atoms with Crippen LogP contribution >= 0.6 is 0 Å². The highest BCUT2D eigenvalue weighted by atomic mass is 16.7. The van der Waals surface area contributed by atoms with Crippen molar-refractivity contribution in [1.29, 1.82) is 0 Å². The second-order valence-corrected chi connectivity index (χ2v) is 5.71. The van der Waals surface area contributed by atoms with E-state index in [-0.39, 0.29) is 6.10 Å². The van der Waals surface area contributed by atoms with Gasteiger partial charge < -0.3 is 19.2 Å². The Morgan fingerprint density at radius 3 is 2.85 bits per heavy atom. The first-order valence-corrected chi connectivity index (χ1v) is 7.05. The van der Waals surface area contributed by atoms with Gasteiger partial charge in [0.1, 0.15) is 11.3 Å². The van der Waals surface area contributed by atoms with E-state index in [1.54, 1.807) is 0 Å². The lowest BCUT2D eigenvalue weighted by atomic mass is 10.1. The molecule has 0 aliphatic carbocycles. The number of ether oxygens (including phenoxy) is 2. The fraction of sp³-hybridized carbons (Fsp3) is 0.500. The van der Waals surface area contributed by atoms with Gasteiger partial charge in [-0.05, 0) is 26.8 Å². The van der Waals surface area contributed by atoms with E-state index in [2.05, 4.69) is 11.4 Å².